The lowest BCUT2D eigenvalue weighted by molar-refractivity contribution is -0.660. The Morgan fingerprint density at radius 3 is 2.54 bits per heavy atom. The van der Waals surface area contributed by atoms with Gasteiger partial charge >= 0.3 is 0 Å². The summed E-state index contributed by atoms with van der Waals surface area (Å²) >= 11 is 0. The van der Waals surface area contributed by atoms with Crippen LogP contribution in [0.25, 0.3) is 22.4 Å². The van der Waals surface area contributed by atoms with Gasteiger partial charge in [0.25, 0.3) is 0 Å². The van der Waals surface area contributed by atoms with Gasteiger partial charge in [-0.2, -0.15) is 0 Å². The number of hydrogen-bond acceptors (Lipinski definition) is 1. The maximum Gasteiger partial charge on any atom is 0.212 e. The molecule has 0 unspecified atom stereocenters. The van der Waals surface area contributed by atoms with Crippen molar-refractivity contribution in [3.63, 3.8) is 0 Å². The van der Waals surface area contributed by atoms with Crippen molar-refractivity contribution in [2.75, 3.05) is 0 Å². The standard InChI is InChI=1S/C26H31N2/c1-16-15-28(7)25(12-19(16)14-26(4,5)6)20-10-11-21-22-9-8-17(2)27-24(22)13-23(21)18(20)3/h8-12,15H,13-14H2,1-7H3/q+1/i1D3,14D2. The van der Waals surface area contributed by atoms with Crippen molar-refractivity contribution < 1.29 is 11.4 Å². The molecule has 2 heteroatoms. The van der Waals surface area contributed by atoms with E-state index in [0.29, 0.717) is 0 Å². The highest BCUT2D eigenvalue weighted by molar-refractivity contribution is 5.81. The molecule has 0 N–H and O–H groups in total. The van der Waals surface area contributed by atoms with Crippen LogP contribution in [0.2, 0.25) is 0 Å². The van der Waals surface area contributed by atoms with Crippen LogP contribution in [0.15, 0.2) is 36.5 Å². The largest absolute Gasteiger partial charge is 0.257 e. The van der Waals surface area contributed by atoms with Gasteiger partial charge in [0.05, 0.1) is 5.69 Å². The van der Waals surface area contributed by atoms with Crippen molar-refractivity contribution in [1.82, 2.24) is 4.98 Å². The van der Waals surface area contributed by atoms with Crippen molar-refractivity contribution in [2.24, 2.45) is 12.5 Å². The van der Waals surface area contributed by atoms with Crippen molar-refractivity contribution in [2.45, 2.75) is 54.3 Å². The molecular weight excluding hydrogens is 340 g/mol. The molecule has 1 aromatic carbocycles. The van der Waals surface area contributed by atoms with Gasteiger partial charge in [0, 0.05) is 41.7 Å². The third-order valence-electron chi connectivity index (χ3n) is 5.41. The van der Waals surface area contributed by atoms with E-state index in [-0.39, 0.29) is 11.1 Å². The molecule has 0 saturated heterocycles. The molecule has 0 amide bonds. The van der Waals surface area contributed by atoms with Gasteiger partial charge in [-0.1, -0.05) is 32.9 Å². The van der Waals surface area contributed by atoms with Crippen LogP contribution in [0.5, 0.6) is 0 Å². The molecule has 3 aromatic rings. The minimum absolute atomic E-state index is 0.0552. The van der Waals surface area contributed by atoms with E-state index < -0.39 is 18.6 Å². The summed E-state index contributed by atoms with van der Waals surface area (Å²) in [6, 6.07) is 10.1. The van der Waals surface area contributed by atoms with Crippen molar-refractivity contribution >= 4 is 0 Å². The highest BCUT2D eigenvalue weighted by Crippen LogP contribution is 2.40. The molecule has 4 rings (SSSR count). The minimum Gasteiger partial charge on any atom is -0.257 e. The summed E-state index contributed by atoms with van der Waals surface area (Å²) in [5.74, 6) is 0. The van der Waals surface area contributed by atoms with Gasteiger partial charge < -0.3 is 0 Å². The van der Waals surface area contributed by atoms with E-state index in [2.05, 4.69) is 25.1 Å². The number of aromatic nitrogens is 2. The molecule has 0 fully saturated rings. The predicted molar refractivity (Wildman–Crippen MR) is 116 cm³/mol. The third-order valence-corrected chi connectivity index (χ3v) is 5.41. The van der Waals surface area contributed by atoms with Crippen LogP contribution in [-0.2, 0) is 19.8 Å². The highest BCUT2D eigenvalue weighted by Gasteiger charge is 2.26. The van der Waals surface area contributed by atoms with Gasteiger partial charge in [-0.05, 0) is 66.9 Å². The van der Waals surface area contributed by atoms with E-state index in [0.717, 1.165) is 40.2 Å². The molecule has 0 spiro atoms. The van der Waals surface area contributed by atoms with E-state index >= 15 is 0 Å². The molecule has 0 bridgehead atoms. The summed E-state index contributed by atoms with van der Waals surface area (Å²) in [5, 5.41) is 0. The van der Waals surface area contributed by atoms with Crippen LogP contribution in [0.3, 0.4) is 0 Å². The van der Waals surface area contributed by atoms with Gasteiger partial charge in [0.15, 0.2) is 6.20 Å². The van der Waals surface area contributed by atoms with Crippen LogP contribution < -0.4 is 4.57 Å². The van der Waals surface area contributed by atoms with Crippen molar-refractivity contribution in [3.8, 4) is 22.4 Å². The zero-order chi connectivity index (χ0) is 24.5. The minimum atomic E-state index is -2.41. The van der Waals surface area contributed by atoms with Crippen molar-refractivity contribution in [3.05, 3.63) is 70.2 Å². The summed E-state index contributed by atoms with van der Waals surface area (Å²) in [4.78, 5) is 4.72. The summed E-state index contributed by atoms with van der Waals surface area (Å²) in [7, 11) is 1.83. The maximum absolute atomic E-state index is 8.85. The lowest BCUT2D eigenvalue weighted by atomic mass is 9.86. The van der Waals surface area contributed by atoms with E-state index in [1.54, 1.807) is 33.0 Å². The van der Waals surface area contributed by atoms with E-state index in [9.17, 15) is 0 Å². The van der Waals surface area contributed by atoms with Crippen LogP contribution in [-0.4, -0.2) is 4.98 Å². The van der Waals surface area contributed by atoms with Crippen molar-refractivity contribution in [1.29, 1.82) is 0 Å². The quantitative estimate of drug-likeness (QED) is 0.413. The molecular formula is C26H31N2+. The first kappa shape index (κ1) is 13.7. The van der Waals surface area contributed by atoms with Crippen LogP contribution in [0.4, 0.5) is 0 Å². The average Bonchev–Trinajstić information content (AvgIpc) is 3.05. The Balaban J connectivity index is 1.94. The Hall–Kier alpha value is -2.48. The van der Waals surface area contributed by atoms with E-state index in [4.69, 9.17) is 11.8 Å². The fraction of sp³-hybridized carbons (Fsp3) is 0.385. The van der Waals surface area contributed by atoms with Gasteiger partial charge in [-0.15, -0.1) is 0 Å². The normalized spacial score (nSPS) is 16.4. The van der Waals surface area contributed by atoms with Crippen LogP contribution in [0.1, 0.15) is 61.3 Å². The fourth-order valence-electron chi connectivity index (χ4n) is 4.10. The smallest absolute Gasteiger partial charge is 0.212 e. The second kappa shape index (κ2) is 6.55. The molecule has 0 aliphatic heterocycles. The Labute approximate surface area is 176 Å². The fourth-order valence-corrected chi connectivity index (χ4v) is 4.10. The second-order valence-corrected chi connectivity index (χ2v) is 8.86. The third kappa shape index (κ3) is 3.26. The first-order valence-corrected chi connectivity index (χ1v) is 9.77. The number of rotatable bonds is 2. The summed E-state index contributed by atoms with van der Waals surface area (Å²) < 4.78 is 43.7. The molecule has 1 aliphatic rings. The summed E-state index contributed by atoms with van der Waals surface area (Å²) in [6.45, 7) is 7.07. The van der Waals surface area contributed by atoms with Crippen LogP contribution in [0, 0.1) is 26.1 Å². The molecule has 2 nitrogen and oxygen atoms in total. The van der Waals surface area contributed by atoms with Gasteiger partial charge in [0.1, 0.15) is 7.05 Å². The monoisotopic (exact) mass is 376 g/mol. The Morgan fingerprint density at radius 1 is 1.11 bits per heavy atom. The Kier molecular flexibility index (Phi) is 3.19. The molecule has 2 heterocycles. The molecule has 1 aliphatic carbocycles. The lowest BCUT2D eigenvalue weighted by Crippen LogP contribution is -2.32. The zero-order valence-electron chi connectivity index (χ0n) is 22.6. The SMILES string of the molecule is [2H]C([2H])([2H])c1c[n+](C)c(-c2ccc3c(c2C)Cc2nc(C)ccc2-3)cc1C([2H])([2H])C(C)(C)C. The zero-order valence-corrected chi connectivity index (χ0v) is 17.6. The number of aryl methyl sites for hydroxylation is 3. The number of pyridine rings is 2. The summed E-state index contributed by atoms with van der Waals surface area (Å²) in [6.07, 6.45) is 0.508. The first-order chi connectivity index (χ1) is 15.1. The molecule has 28 heavy (non-hydrogen) atoms. The number of benzene rings is 1. The lowest BCUT2D eigenvalue weighted by Gasteiger charge is -2.20. The Bertz CT molecular complexity index is 1270. The molecule has 0 atom stereocenters. The average molecular weight is 377 g/mol. The number of nitrogens with zero attached hydrogens (tertiary/aromatic N) is 2. The van der Waals surface area contributed by atoms with E-state index in [1.165, 1.54) is 11.1 Å². The number of hydrogen-bond donors (Lipinski definition) is 0. The molecule has 0 radical (unpaired) electrons. The molecule has 144 valence electrons. The number of fused-ring (bicyclic) bond motifs is 3. The Morgan fingerprint density at radius 2 is 1.82 bits per heavy atom. The van der Waals surface area contributed by atoms with E-state index in [1.807, 2.05) is 24.6 Å². The van der Waals surface area contributed by atoms with Gasteiger partial charge in [-0.25, -0.2) is 4.57 Å². The first-order valence-electron chi connectivity index (χ1n) is 12.3. The van der Waals surface area contributed by atoms with Gasteiger partial charge in [-0.3, -0.25) is 4.98 Å². The topological polar surface area (TPSA) is 16.8 Å². The van der Waals surface area contributed by atoms with Gasteiger partial charge in [0.2, 0.25) is 5.69 Å². The second-order valence-electron chi connectivity index (χ2n) is 8.86. The maximum atomic E-state index is 8.85. The van der Waals surface area contributed by atoms with Crippen LogP contribution >= 0.6 is 0 Å². The highest BCUT2D eigenvalue weighted by atomic mass is 14.9. The molecule has 2 aromatic heterocycles. The predicted octanol–water partition coefficient (Wildman–Crippen LogP) is 5.66. The molecule has 0 saturated carbocycles. The summed E-state index contributed by atoms with van der Waals surface area (Å²) in [5.41, 5.74) is 8.05.